The lowest BCUT2D eigenvalue weighted by molar-refractivity contribution is -0.102. The number of allylic oxidation sites excluding steroid dienone is 4. The van der Waals surface area contributed by atoms with E-state index >= 15 is 0 Å². The Balaban J connectivity index is 0.00000207. The predicted octanol–water partition coefficient (Wildman–Crippen LogP) is 5.83. The van der Waals surface area contributed by atoms with Crippen LogP contribution < -0.4 is 48.4 Å². The van der Waals surface area contributed by atoms with Gasteiger partial charge in [-0.15, -0.1) is 0 Å². The lowest BCUT2D eigenvalue weighted by atomic mass is 10.1. The van der Waals surface area contributed by atoms with Gasteiger partial charge in [0, 0.05) is 49.7 Å². The molecule has 0 bridgehead atoms. The van der Waals surface area contributed by atoms with E-state index in [4.69, 9.17) is 25.7 Å². The number of imidazole rings is 1. The predicted molar refractivity (Wildman–Crippen MR) is 255 cm³/mol. The van der Waals surface area contributed by atoms with E-state index in [1.54, 1.807) is 83.1 Å². The summed E-state index contributed by atoms with van der Waals surface area (Å²) in [5.41, 5.74) is 24.7. The molecule has 346 valence electrons. The molecule has 19 nitrogen and oxygen atoms in total. The molecule has 0 radical (unpaired) electrons. The van der Waals surface area contributed by atoms with Crippen LogP contribution in [0.3, 0.4) is 0 Å². The molecule has 0 fully saturated rings. The molecule has 11 N–H and O–H groups in total. The maximum Gasteiger partial charge on any atom is 0.412 e. The monoisotopic (exact) mass is 877 g/mol. The summed E-state index contributed by atoms with van der Waals surface area (Å²) in [6.45, 7) is 15.1. The van der Waals surface area contributed by atoms with E-state index in [2.05, 4.69) is 42.5 Å². The molecule has 2 aromatic heterocycles. The fraction of sp³-hybridized carbons (Fsp3) is 0.386. The third-order valence-corrected chi connectivity index (χ3v) is 7.46. The lowest BCUT2D eigenvalue weighted by Gasteiger charge is -2.19. The summed E-state index contributed by atoms with van der Waals surface area (Å²) in [5.74, 6) is 1.61. The van der Waals surface area contributed by atoms with E-state index < -0.39 is 11.7 Å². The Hall–Kier alpha value is -6.99. The summed E-state index contributed by atoms with van der Waals surface area (Å²) in [4.78, 5) is 53.5. The third-order valence-electron chi connectivity index (χ3n) is 7.46. The summed E-state index contributed by atoms with van der Waals surface area (Å²) in [6.07, 6.45) is 14.0. The molecule has 0 saturated heterocycles. The van der Waals surface area contributed by atoms with Gasteiger partial charge in [-0.3, -0.25) is 29.4 Å². The number of carbonyl (C=O) groups is 4. The largest absolute Gasteiger partial charge is 0.494 e. The Morgan fingerprint density at radius 3 is 2.14 bits per heavy atom. The van der Waals surface area contributed by atoms with Gasteiger partial charge in [0.05, 0.1) is 42.5 Å². The Morgan fingerprint density at radius 1 is 0.937 bits per heavy atom. The molecule has 0 atom stereocenters. The van der Waals surface area contributed by atoms with Crippen LogP contribution in [0, 0.1) is 0 Å². The highest BCUT2D eigenvalue weighted by Gasteiger charge is 2.17. The van der Waals surface area contributed by atoms with Gasteiger partial charge in [-0.25, -0.2) is 9.78 Å². The van der Waals surface area contributed by atoms with Gasteiger partial charge in [0.1, 0.15) is 47.5 Å². The normalized spacial score (nSPS) is 11.1. The van der Waals surface area contributed by atoms with Crippen molar-refractivity contribution in [1.29, 1.82) is 0 Å². The van der Waals surface area contributed by atoms with E-state index in [1.165, 1.54) is 20.3 Å². The number of nitrogens with two attached hydrogens (primary N) is 4. The number of methoxy groups -OCH3 is 1. The van der Waals surface area contributed by atoms with Crippen molar-refractivity contribution >= 4 is 64.7 Å². The second kappa shape index (κ2) is 30.9. The highest BCUT2D eigenvalue weighted by Crippen LogP contribution is 2.33. The molecule has 2 aromatic carbocycles. The Bertz CT molecular complexity index is 2130. The molecule has 0 unspecified atom stereocenters. The highest BCUT2D eigenvalue weighted by molar-refractivity contribution is 6.33. The first-order valence-electron chi connectivity index (χ1n) is 20.1. The molecule has 0 spiro atoms. The molecule has 2 heterocycles. The van der Waals surface area contributed by atoms with Crippen LogP contribution >= 0.6 is 0 Å². The van der Waals surface area contributed by atoms with Gasteiger partial charge in [-0.05, 0) is 85.1 Å². The zero-order valence-corrected chi connectivity index (χ0v) is 38.5. The number of hydrogen-bond donors (Lipinski definition) is 7. The number of benzene rings is 2. The molecule has 63 heavy (non-hydrogen) atoms. The number of aldehydes is 3. The Morgan fingerprint density at radius 2 is 1.57 bits per heavy atom. The van der Waals surface area contributed by atoms with Crippen LogP contribution in [-0.4, -0.2) is 104 Å². The fourth-order valence-corrected chi connectivity index (χ4v) is 5.17. The first-order valence-corrected chi connectivity index (χ1v) is 20.1. The van der Waals surface area contributed by atoms with Crippen LogP contribution in [0.5, 0.6) is 11.5 Å². The minimum Gasteiger partial charge on any atom is -0.494 e. The lowest BCUT2D eigenvalue weighted by Crippen LogP contribution is -2.27. The van der Waals surface area contributed by atoms with Gasteiger partial charge in [0.15, 0.2) is 6.29 Å². The number of nitrogen functional groups attached to an aromatic ring is 1. The van der Waals surface area contributed by atoms with Crippen molar-refractivity contribution in [3.63, 3.8) is 0 Å². The molecule has 0 saturated carbocycles. The molecular weight excluding hydrogens is 809 g/mol. The van der Waals surface area contributed by atoms with E-state index in [1.807, 2.05) is 49.6 Å². The minimum absolute atomic E-state index is 0.213. The number of rotatable bonds is 18. The van der Waals surface area contributed by atoms with Crippen LogP contribution in [-0.2, 0) is 22.6 Å². The summed E-state index contributed by atoms with van der Waals surface area (Å²) in [5, 5.41) is 13.2. The van der Waals surface area contributed by atoms with Gasteiger partial charge in [-0.1, -0.05) is 32.1 Å². The number of aliphatic imine (C=N–C) groups is 1. The number of anilines is 4. The molecule has 0 aliphatic rings. The van der Waals surface area contributed by atoms with Gasteiger partial charge in [0.25, 0.3) is 0 Å². The van der Waals surface area contributed by atoms with Crippen molar-refractivity contribution in [3.8, 4) is 11.5 Å². The average Bonchev–Trinajstić information content (AvgIpc) is 3.88. The summed E-state index contributed by atoms with van der Waals surface area (Å²) < 4.78 is 20.4. The molecule has 0 aliphatic heterocycles. The van der Waals surface area contributed by atoms with E-state index in [0.29, 0.717) is 101 Å². The fourth-order valence-electron chi connectivity index (χ4n) is 5.17. The summed E-state index contributed by atoms with van der Waals surface area (Å²) in [6, 6.07) is 6.61. The smallest absolute Gasteiger partial charge is 0.412 e. The van der Waals surface area contributed by atoms with E-state index in [0.717, 1.165) is 11.8 Å². The maximum atomic E-state index is 12.0. The molecule has 19 heteroatoms. The van der Waals surface area contributed by atoms with Crippen molar-refractivity contribution in [2.24, 2.45) is 22.2 Å². The topological polar surface area (TPSA) is 284 Å². The van der Waals surface area contributed by atoms with Crippen LogP contribution in [0.25, 0.3) is 11.0 Å². The summed E-state index contributed by atoms with van der Waals surface area (Å²) >= 11 is 0. The Kier molecular flexibility index (Phi) is 27.5. The highest BCUT2D eigenvalue weighted by atomic mass is 16.6. The maximum absolute atomic E-state index is 12.0. The minimum atomic E-state index is -0.599. The van der Waals surface area contributed by atoms with Crippen molar-refractivity contribution in [3.05, 3.63) is 83.9 Å². The van der Waals surface area contributed by atoms with Crippen molar-refractivity contribution in [2.45, 2.75) is 67.2 Å². The van der Waals surface area contributed by atoms with Crippen LogP contribution in [0.4, 0.5) is 27.8 Å². The quantitative estimate of drug-likeness (QED) is 0.0268. The van der Waals surface area contributed by atoms with E-state index in [-0.39, 0.29) is 6.61 Å². The number of hydrogen-bond acceptors (Lipinski definition) is 16. The second-order valence-electron chi connectivity index (χ2n) is 13.2. The number of nitrogens with one attached hydrogen (secondary N) is 3. The van der Waals surface area contributed by atoms with Crippen molar-refractivity contribution in [2.75, 3.05) is 69.6 Å². The molecule has 0 aliphatic carbocycles. The molecular formula is C44H68N12O7. The first-order chi connectivity index (χ1) is 30.2. The van der Waals surface area contributed by atoms with Crippen LogP contribution in [0.2, 0.25) is 0 Å². The van der Waals surface area contributed by atoms with Crippen molar-refractivity contribution < 1.29 is 33.4 Å². The SMILES string of the molecule is CC.CCN=C(C=O)/C=C(/C)N.CN.CN.CNc1nc2cc(C=O)cc(OC)c2n1C/C=C/CNc1c(N)cc(C=O)cc1OC/C=C/Cn1cc(NC(=O)OC(C)(C)C)cn1. The zero-order chi connectivity index (χ0) is 48.0. The van der Waals surface area contributed by atoms with Gasteiger partial charge in [-0.2, -0.15) is 5.10 Å². The standard InChI is InChI=1S/C33H40N8O6.C7H12N2O.C2H6.2CH5N/c1-33(2,3)47-32(44)38-24-18-37-40(19-24)11-8-9-13-46-27-16-22(20-42)14-25(34)29(27)36-10-6-7-12-41-30-26(39-31(41)35-4)15-23(21-43)17-28(30)45-5;1-3-9-7(5-10)4-6(2)8;3*1-2/h6-9,14-21,36H,10-13,34H2,1-5H3,(H,35,39)(H,38,44);4-5H,3,8H2,1-2H3;1-2H3;2*2H2,1H3/b7-6+,9-8+;6-4-,9-7?;;;. The van der Waals surface area contributed by atoms with Gasteiger partial charge >= 0.3 is 6.09 Å². The summed E-state index contributed by atoms with van der Waals surface area (Å²) in [7, 11) is 6.33. The second-order valence-corrected chi connectivity index (χ2v) is 13.2. The molecule has 4 rings (SSSR count). The van der Waals surface area contributed by atoms with Crippen LogP contribution in [0.15, 0.2) is 77.7 Å². The number of carbonyl (C=O) groups excluding carboxylic acids is 4. The average molecular weight is 877 g/mol. The Labute approximate surface area is 371 Å². The number of nitrogens with zero attached hydrogens (tertiary/aromatic N) is 5. The number of aromatic nitrogens is 4. The third kappa shape index (κ3) is 20.0. The first kappa shape index (κ1) is 56.0. The number of ether oxygens (including phenoxy) is 3. The number of amides is 1. The zero-order valence-electron chi connectivity index (χ0n) is 38.5. The molecule has 1 amide bonds. The van der Waals surface area contributed by atoms with Crippen LogP contribution in [0.1, 0.15) is 69.2 Å². The van der Waals surface area contributed by atoms with Gasteiger partial charge in [0.2, 0.25) is 5.95 Å². The van der Waals surface area contributed by atoms with E-state index in [9.17, 15) is 19.2 Å². The molecule has 4 aromatic rings. The van der Waals surface area contributed by atoms with Gasteiger partial charge < -0.3 is 52.3 Å². The number of fused-ring (bicyclic) bond motifs is 1. The van der Waals surface area contributed by atoms with Crippen molar-refractivity contribution in [1.82, 2.24) is 19.3 Å².